The zero-order valence-corrected chi connectivity index (χ0v) is 10.7. The van der Waals surface area contributed by atoms with Crippen LogP contribution >= 0.6 is 0 Å². The van der Waals surface area contributed by atoms with E-state index in [1.54, 1.807) is 0 Å². The van der Waals surface area contributed by atoms with Gasteiger partial charge in [-0.25, -0.2) is 22.2 Å². The van der Waals surface area contributed by atoms with Gasteiger partial charge in [0.1, 0.15) is 5.78 Å². The molecule has 0 spiro atoms. The number of aromatic nitrogens is 1. The van der Waals surface area contributed by atoms with Gasteiger partial charge in [-0.05, 0) is 12.1 Å². The van der Waals surface area contributed by atoms with E-state index in [1.165, 1.54) is 24.4 Å². The van der Waals surface area contributed by atoms with Gasteiger partial charge in [-0.3, -0.25) is 4.79 Å². The molecule has 2 heterocycles. The van der Waals surface area contributed by atoms with Crippen LogP contribution in [-0.4, -0.2) is 42.5 Å². The van der Waals surface area contributed by atoms with Crippen molar-refractivity contribution in [1.82, 2.24) is 9.29 Å². The predicted octanol–water partition coefficient (Wildman–Crippen LogP) is 1.07. The van der Waals surface area contributed by atoms with Gasteiger partial charge in [0.2, 0.25) is 0 Å². The Bertz CT molecular complexity index is 575. The van der Waals surface area contributed by atoms with Gasteiger partial charge < -0.3 is 0 Å². The Balaban J connectivity index is 2.33. The van der Waals surface area contributed by atoms with E-state index in [0.29, 0.717) is 4.31 Å². The molecule has 0 saturated carbocycles. The van der Waals surface area contributed by atoms with Crippen molar-refractivity contribution in [3.05, 3.63) is 24.4 Å². The van der Waals surface area contributed by atoms with Gasteiger partial charge in [-0.15, -0.1) is 0 Å². The number of carbonyl (C=O) groups is 1. The highest BCUT2D eigenvalue weighted by molar-refractivity contribution is 7.89. The Hall–Kier alpha value is -1.41. The molecule has 1 aromatic heterocycles. The number of nitrogens with zero attached hydrogens (tertiary/aromatic N) is 2. The lowest BCUT2D eigenvalue weighted by atomic mass is 10.1. The summed E-state index contributed by atoms with van der Waals surface area (Å²) >= 11 is 0. The first-order valence-corrected chi connectivity index (χ1v) is 7.06. The highest BCUT2D eigenvalue weighted by atomic mass is 32.2. The molecule has 0 aliphatic carbocycles. The maximum Gasteiger partial charge on any atom is 0.268 e. The Labute approximate surface area is 109 Å². The monoisotopic (exact) mass is 290 g/mol. The van der Waals surface area contributed by atoms with E-state index in [1.807, 2.05) is 0 Å². The summed E-state index contributed by atoms with van der Waals surface area (Å²) in [6.45, 7) is -1.23. The molecule has 1 fully saturated rings. The lowest BCUT2D eigenvalue weighted by Crippen LogP contribution is -2.39. The fourth-order valence-electron chi connectivity index (χ4n) is 1.86. The minimum absolute atomic E-state index is 0.207. The van der Waals surface area contributed by atoms with Crippen LogP contribution in [0, 0.1) is 0 Å². The summed E-state index contributed by atoms with van der Waals surface area (Å²) in [5, 5.41) is -0.292. The van der Waals surface area contributed by atoms with Crippen molar-refractivity contribution in [2.24, 2.45) is 0 Å². The summed E-state index contributed by atoms with van der Waals surface area (Å²) in [4.78, 5) is 14.9. The van der Waals surface area contributed by atoms with E-state index < -0.39 is 34.7 Å². The van der Waals surface area contributed by atoms with Gasteiger partial charge in [0.25, 0.3) is 15.9 Å². The third-order valence-electron chi connectivity index (χ3n) is 2.75. The third-order valence-corrected chi connectivity index (χ3v) is 4.51. The Kier molecular flexibility index (Phi) is 3.64. The van der Waals surface area contributed by atoms with E-state index in [2.05, 4.69) is 4.98 Å². The van der Waals surface area contributed by atoms with Crippen LogP contribution in [0.3, 0.4) is 0 Å². The second-order valence-electron chi connectivity index (χ2n) is 4.33. The maximum absolute atomic E-state index is 13.5. The molecule has 1 aromatic rings. The van der Waals surface area contributed by atoms with Crippen LogP contribution in [0.15, 0.2) is 29.4 Å². The number of pyridine rings is 1. The topological polar surface area (TPSA) is 67.3 Å². The highest BCUT2D eigenvalue weighted by Gasteiger charge is 2.41. The summed E-state index contributed by atoms with van der Waals surface area (Å²) < 4.78 is 51.9. The molecule has 104 valence electrons. The summed E-state index contributed by atoms with van der Waals surface area (Å²) in [6.07, 6.45) is 0.150. The number of halogens is 2. The Morgan fingerprint density at radius 2 is 2.05 bits per heavy atom. The van der Waals surface area contributed by atoms with Crippen LogP contribution in [0.2, 0.25) is 0 Å². The maximum atomic E-state index is 13.5. The summed E-state index contributed by atoms with van der Waals surface area (Å²) in [7, 11) is -4.09. The first-order valence-electron chi connectivity index (χ1n) is 5.62. The molecular weight excluding hydrogens is 278 g/mol. The van der Waals surface area contributed by atoms with Crippen LogP contribution in [0.1, 0.15) is 12.8 Å². The number of sulfonamides is 1. The lowest BCUT2D eigenvalue weighted by molar-refractivity contribution is -0.124. The number of Topliss-reactive ketones (excluding diaryl/α,β-unsaturated/α-hetero) is 1. The predicted molar refractivity (Wildman–Crippen MR) is 62.2 cm³/mol. The highest BCUT2D eigenvalue weighted by Crippen LogP contribution is 2.27. The van der Waals surface area contributed by atoms with Gasteiger partial charge in [0, 0.05) is 19.2 Å². The Morgan fingerprint density at radius 1 is 1.32 bits per heavy atom. The molecule has 0 radical (unpaired) electrons. The smallest absolute Gasteiger partial charge is 0.268 e. The number of hydrogen-bond acceptors (Lipinski definition) is 4. The van der Waals surface area contributed by atoms with Crippen LogP contribution in [0.25, 0.3) is 0 Å². The zero-order valence-electron chi connectivity index (χ0n) is 9.92. The van der Waals surface area contributed by atoms with Crippen LogP contribution in [0.5, 0.6) is 0 Å². The van der Waals surface area contributed by atoms with Gasteiger partial charge >= 0.3 is 0 Å². The molecule has 1 aliphatic heterocycles. The zero-order chi connectivity index (χ0) is 14.1. The van der Waals surface area contributed by atoms with Crippen LogP contribution in [-0.2, 0) is 14.8 Å². The van der Waals surface area contributed by atoms with E-state index >= 15 is 0 Å². The SMILES string of the molecule is O=C1CCN(S(=O)(=O)c2ccccn2)CC(F)(F)C1. The molecule has 0 aromatic carbocycles. The van der Waals surface area contributed by atoms with E-state index in [4.69, 9.17) is 0 Å². The summed E-state index contributed by atoms with van der Waals surface area (Å²) in [5.74, 6) is -3.97. The van der Waals surface area contributed by atoms with Crippen LogP contribution in [0.4, 0.5) is 8.78 Å². The van der Waals surface area contributed by atoms with Crippen molar-refractivity contribution >= 4 is 15.8 Å². The molecule has 8 heteroatoms. The van der Waals surface area contributed by atoms with Crippen molar-refractivity contribution < 1.29 is 22.0 Å². The molecule has 1 saturated heterocycles. The normalized spacial score (nSPS) is 21.1. The van der Waals surface area contributed by atoms with E-state index in [-0.39, 0.29) is 18.0 Å². The second kappa shape index (κ2) is 4.93. The number of hydrogen-bond donors (Lipinski definition) is 0. The van der Waals surface area contributed by atoms with Gasteiger partial charge in [-0.1, -0.05) is 6.07 Å². The number of alkyl halides is 2. The minimum Gasteiger partial charge on any atom is -0.299 e. The molecule has 0 atom stereocenters. The van der Waals surface area contributed by atoms with E-state index in [9.17, 15) is 22.0 Å². The molecule has 2 rings (SSSR count). The number of carbonyl (C=O) groups excluding carboxylic acids is 1. The molecule has 0 bridgehead atoms. The molecular formula is C11H12F2N2O3S. The fraction of sp³-hybridized carbons (Fsp3) is 0.455. The molecule has 5 nitrogen and oxygen atoms in total. The molecule has 0 unspecified atom stereocenters. The van der Waals surface area contributed by atoms with Gasteiger partial charge in [0.15, 0.2) is 5.03 Å². The molecule has 0 N–H and O–H groups in total. The number of ketones is 1. The van der Waals surface area contributed by atoms with Crippen molar-refractivity contribution in [3.8, 4) is 0 Å². The average Bonchev–Trinajstić information content (AvgIpc) is 2.48. The molecule has 19 heavy (non-hydrogen) atoms. The Morgan fingerprint density at radius 3 is 2.68 bits per heavy atom. The average molecular weight is 290 g/mol. The van der Waals surface area contributed by atoms with E-state index in [0.717, 1.165) is 0 Å². The largest absolute Gasteiger partial charge is 0.299 e. The first kappa shape index (κ1) is 14.0. The van der Waals surface area contributed by atoms with Gasteiger partial charge in [0.05, 0.1) is 13.0 Å². The second-order valence-corrected chi connectivity index (χ2v) is 6.21. The fourth-order valence-corrected chi connectivity index (χ4v) is 3.26. The van der Waals surface area contributed by atoms with Crippen LogP contribution < -0.4 is 0 Å². The number of rotatable bonds is 2. The summed E-state index contributed by atoms with van der Waals surface area (Å²) in [5.41, 5.74) is 0. The molecule has 0 amide bonds. The standard InChI is InChI=1S/C11H12F2N2O3S/c12-11(13)7-9(16)4-6-15(8-11)19(17,18)10-3-1-2-5-14-10/h1-3,5H,4,6-8H2. The third kappa shape index (κ3) is 3.13. The van der Waals surface area contributed by atoms with Crippen molar-refractivity contribution in [2.45, 2.75) is 23.8 Å². The first-order chi connectivity index (χ1) is 8.81. The van der Waals surface area contributed by atoms with Crippen molar-refractivity contribution in [1.29, 1.82) is 0 Å². The minimum atomic E-state index is -4.09. The van der Waals surface area contributed by atoms with Crippen molar-refractivity contribution in [3.63, 3.8) is 0 Å². The lowest BCUT2D eigenvalue weighted by Gasteiger charge is -2.22. The summed E-state index contributed by atoms with van der Waals surface area (Å²) in [6, 6.07) is 4.22. The quantitative estimate of drug-likeness (QED) is 0.817. The van der Waals surface area contributed by atoms with Gasteiger partial charge in [-0.2, -0.15) is 4.31 Å². The molecule has 1 aliphatic rings. The van der Waals surface area contributed by atoms with Crippen molar-refractivity contribution in [2.75, 3.05) is 13.1 Å².